The van der Waals surface area contributed by atoms with Crippen LogP contribution in [0.25, 0.3) is 11.1 Å². The molecule has 88 valence electrons. The Labute approximate surface area is 102 Å². The second-order valence-electron chi connectivity index (χ2n) is 4.86. The van der Waals surface area contributed by atoms with Crippen LogP contribution in [-0.4, -0.2) is 0 Å². The van der Waals surface area contributed by atoms with E-state index in [0.717, 1.165) is 11.1 Å². The highest BCUT2D eigenvalue weighted by molar-refractivity contribution is 5.67. The van der Waals surface area contributed by atoms with Gasteiger partial charge < -0.3 is 0 Å². The van der Waals surface area contributed by atoms with Crippen LogP contribution >= 0.6 is 0 Å². The maximum absolute atomic E-state index is 13.7. The van der Waals surface area contributed by atoms with E-state index in [1.54, 1.807) is 13.8 Å². The fourth-order valence-electron chi connectivity index (χ4n) is 1.94. The lowest BCUT2D eigenvalue weighted by atomic mass is 9.95. The molecule has 0 amide bonds. The number of alkyl halides is 1. The third kappa shape index (κ3) is 2.55. The number of aryl methyl sites for hydroxylation is 1. The van der Waals surface area contributed by atoms with Gasteiger partial charge in [-0.1, -0.05) is 48.5 Å². The van der Waals surface area contributed by atoms with Gasteiger partial charge >= 0.3 is 0 Å². The van der Waals surface area contributed by atoms with Crippen molar-refractivity contribution in [2.75, 3.05) is 0 Å². The van der Waals surface area contributed by atoms with Crippen LogP contribution in [0.4, 0.5) is 4.39 Å². The molecule has 0 aliphatic heterocycles. The molecule has 0 aliphatic rings. The Balaban J connectivity index is 2.40. The van der Waals surface area contributed by atoms with Gasteiger partial charge in [-0.3, -0.25) is 0 Å². The average Bonchev–Trinajstić information content (AvgIpc) is 2.29. The normalized spacial score (nSPS) is 11.5. The number of halogens is 1. The van der Waals surface area contributed by atoms with Gasteiger partial charge in [0.15, 0.2) is 0 Å². The molecule has 1 heteroatoms. The number of benzene rings is 2. The van der Waals surface area contributed by atoms with Crippen LogP contribution in [0.3, 0.4) is 0 Å². The Morgan fingerprint density at radius 3 is 2.00 bits per heavy atom. The lowest BCUT2D eigenvalue weighted by molar-refractivity contribution is 0.221. The van der Waals surface area contributed by atoms with Gasteiger partial charge in [0, 0.05) is 0 Å². The molecular weight excluding hydrogens is 211 g/mol. The van der Waals surface area contributed by atoms with Crippen molar-refractivity contribution in [2.24, 2.45) is 0 Å². The minimum absolute atomic E-state index is 0.717. The summed E-state index contributed by atoms with van der Waals surface area (Å²) in [6.45, 7) is 5.24. The molecule has 0 heterocycles. The molecular formula is C16H17F. The second kappa shape index (κ2) is 4.33. The van der Waals surface area contributed by atoms with Crippen molar-refractivity contribution in [3.8, 4) is 11.1 Å². The monoisotopic (exact) mass is 228 g/mol. The van der Waals surface area contributed by atoms with E-state index >= 15 is 0 Å². The zero-order valence-electron chi connectivity index (χ0n) is 10.5. The summed E-state index contributed by atoms with van der Waals surface area (Å²) in [4.78, 5) is 0. The van der Waals surface area contributed by atoms with Crippen LogP contribution in [0, 0.1) is 6.92 Å². The van der Waals surface area contributed by atoms with Gasteiger partial charge in [0.05, 0.1) is 0 Å². The zero-order chi connectivity index (χ0) is 12.5. The van der Waals surface area contributed by atoms with Crippen LogP contribution in [0.1, 0.15) is 25.0 Å². The predicted molar refractivity (Wildman–Crippen MR) is 70.7 cm³/mol. The Morgan fingerprint density at radius 1 is 0.882 bits per heavy atom. The average molecular weight is 228 g/mol. The van der Waals surface area contributed by atoms with Gasteiger partial charge in [0.1, 0.15) is 5.67 Å². The Kier molecular flexibility index (Phi) is 3.01. The minimum atomic E-state index is -1.27. The van der Waals surface area contributed by atoms with E-state index in [1.165, 1.54) is 11.1 Å². The third-order valence-corrected chi connectivity index (χ3v) is 3.03. The van der Waals surface area contributed by atoms with Gasteiger partial charge in [-0.15, -0.1) is 0 Å². The first-order valence-electron chi connectivity index (χ1n) is 5.84. The third-order valence-electron chi connectivity index (χ3n) is 3.03. The fraction of sp³-hybridized carbons (Fsp3) is 0.250. The summed E-state index contributed by atoms with van der Waals surface area (Å²) >= 11 is 0. The molecule has 0 bridgehead atoms. The SMILES string of the molecule is Cc1ccccc1-c1ccc(C(C)(C)F)cc1. The lowest BCUT2D eigenvalue weighted by Crippen LogP contribution is -2.08. The predicted octanol–water partition coefficient (Wildman–Crippen LogP) is 4.87. The molecule has 17 heavy (non-hydrogen) atoms. The summed E-state index contributed by atoms with van der Waals surface area (Å²) in [6.07, 6.45) is 0. The van der Waals surface area contributed by atoms with Crippen molar-refractivity contribution in [3.05, 3.63) is 59.7 Å². The van der Waals surface area contributed by atoms with Crippen molar-refractivity contribution in [2.45, 2.75) is 26.4 Å². The van der Waals surface area contributed by atoms with E-state index < -0.39 is 5.67 Å². The van der Waals surface area contributed by atoms with Gasteiger partial charge in [-0.05, 0) is 43.0 Å². The summed E-state index contributed by atoms with van der Waals surface area (Å²) < 4.78 is 13.7. The molecule has 2 aromatic carbocycles. The molecule has 0 saturated carbocycles. The van der Waals surface area contributed by atoms with E-state index in [0.29, 0.717) is 0 Å². The Morgan fingerprint density at radius 2 is 1.47 bits per heavy atom. The summed E-state index contributed by atoms with van der Waals surface area (Å²) in [5.41, 5.74) is 3.02. The first-order chi connectivity index (χ1) is 7.98. The second-order valence-corrected chi connectivity index (χ2v) is 4.86. The summed E-state index contributed by atoms with van der Waals surface area (Å²) in [7, 11) is 0. The highest BCUT2D eigenvalue weighted by Gasteiger charge is 2.18. The van der Waals surface area contributed by atoms with E-state index in [2.05, 4.69) is 19.1 Å². The fourth-order valence-corrected chi connectivity index (χ4v) is 1.94. The molecule has 0 aromatic heterocycles. The van der Waals surface area contributed by atoms with Crippen molar-refractivity contribution in [3.63, 3.8) is 0 Å². The minimum Gasteiger partial charge on any atom is -0.239 e. The molecule has 2 aromatic rings. The van der Waals surface area contributed by atoms with Crippen LogP contribution < -0.4 is 0 Å². The number of hydrogen-bond acceptors (Lipinski definition) is 0. The summed E-state index contributed by atoms with van der Waals surface area (Å²) in [5.74, 6) is 0. The molecule has 0 nitrogen and oxygen atoms in total. The van der Waals surface area contributed by atoms with Gasteiger partial charge in [0.2, 0.25) is 0 Å². The van der Waals surface area contributed by atoms with Gasteiger partial charge in [-0.25, -0.2) is 4.39 Å². The smallest absolute Gasteiger partial charge is 0.130 e. The first-order valence-corrected chi connectivity index (χ1v) is 5.84. The maximum atomic E-state index is 13.7. The lowest BCUT2D eigenvalue weighted by Gasteiger charge is -2.15. The molecule has 0 spiro atoms. The summed E-state index contributed by atoms with van der Waals surface area (Å²) in [6, 6.07) is 15.9. The molecule has 0 unspecified atom stereocenters. The molecule has 0 aliphatic carbocycles. The molecule has 0 N–H and O–H groups in total. The van der Waals surface area contributed by atoms with Crippen molar-refractivity contribution in [1.29, 1.82) is 0 Å². The number of hydrogen-bond donors (Lipinski definition) is 0. The quantitative estimate of drug-likeness (QED) is 0.688. The van der Waals surface area contributed by atoms with Crippen LogP contribution in [-0.2, 0) is 5.67 Å². The highest BCUT2D eigenvalue weighted by Crippen LogP contribution is 2.28. The van der Waals surface area contributed by atoms with E-state index in [4.69, 9.17) is 0 Å². The molecule has 0 atom stereocenters. The highest BCUT2D eigenvalue weighted by atomic mass is 19.1. The molecule has 0 radical (unpaired) electrons. The van der Waals surface area contributed by atoms with Gasteiger partial charge in [0.25, 0.3) is 0 Å². The van der Waals surface area contributed by atoms with E-state index in [-0.39, 0.29) is 0 Å². The standard InChI is InChI=1S/C16H17F/c1-12-6-4-5-7-15(12)13-8-10-14(11-9-13)16(2,3)17/h4-11H,1-3H3. The zero-order valence-corrected chi connectivity index (χ0v) is 10.5. The molecule has 0 fully saturated rings. The maximum Gasteiger partial charge on any atom is 0.130 e. The van der Waals surface area contributed by atoms with Gasteiger partial charge in [-0.2, -0.15) is 0 Å². The Hall–Kier alpha value is -1.63. The van der Waals surface area contributed by atoms with Crippen LogP contribution in [0.15, 0.2) is 48.5 Å². The van der Waals surface area contributed by atoms with E-state index in [1.807, 2.05) is 36.4 Å². The van der Waals surface area contributed by atoms with Crippen LogP contribution in [0.5, 0.6) is 0 Å². The Bertz CT molecular complexity index is 504. The first kappa shape index (κ1) is 11.8. The van der Waals surface area contributed by atoms with Crippen molar-refractivity contribution < 1.29 is 4.39 Å². The van der Waals surface area contributed by atoms with Crippen LogP contribution in [0.2, 0.25) is 0 Å². The number of rotatable bonds is 2. The largest absolute Gasteiger partial charge is 0.239 e. The topological polar surface area (TPSA) is 0 Å². The summed E-state index contributed by atoms with van der Waals surface area (Å²) in [5, 5.41) is 0. The molecule has 2 rings (SSSR count). The molecule has 0 saturated heterocycles. The van der Waals surface area contributed by atoms with Crippen molar-refractivity contribution in [1.82, 2.24) is 0 Å². The van der Waals surface area contributed by atoms with Crippen molar-refractivity contribution >= 4 is 0 Å². The van der Waals surface area contributed by atoms with E-state index in [9.17, 15) is 4.39 Å².